The van der Waals surface area contributed by atoms with Gasteiger partial charge in [-0.3, -0.25) is 4.79 Å². The highest BCUT2D eigenvalue weighted by molar-refractivity contribution is 5.77. The maximum absolute atomic E-state index is 11.8. The summed E-state index contributed by atoms with van der Waals surface area (Å²) in [5, 5.41) is 0. The molecule has 76 valence electrons. The van der Waals surface area contributed by atoms with Crippen molar-refractivity contribution in [1.82, 2.24) is 0 Å². The van der Waals surface area contributed by atoms with Crippen LogP contribution >= 0.6 is 0 Å². The van der Waals surface area contributed by atoms with Gasteiger partial charge in [0.15, 0.2) is 5.75 Å². The molecule has 0 spiro atoms. The zero-order chi connectivity index (χ0) is 10.8. The predicted molar refractivity (Wildman–Crippen MR) is 42.9 cm³/mol. The van der Waals surface area contributed by atoms with Gasteiger partial charge in [-0.1, -0.05) is 0 Å². The lowest BCUT2D eigenvalue weighted by molar-refractivity contribution is -0.274. The standard InChI is InChI=1S/C8H6F3NO2/c9-8(10,11)14-7-3-5(4-13)1-2-6(7)12/h1-4H,12H2. The maximum atomic E-state index is 11.8. The number of halogens is 3. The van der Waals surface area contributed by atoms with Crippen molar-refractivity contribution in [2.75, 3.05) is 5.73 Å². The predicted octanol–water partition coefficient (Wildman–Crippen LogP) is 1.98. The zero-order valence-corrected chi connectivity index (χ0v) is 6.84. The molecule has 1 aromatic rings. The van der Waals surface area contributed by atoms with Crippen molar-refractivity contribution in [2.45, 2.75) is 6.36 Å². The first kappa shape index (κ1) is 10.4. The number of carbonyl (C=O) groups excluding carboxylic acids is 1. The van der Waals surface area contributed by atoms with Gasteiger partial charge in [0.25, 0.3) is 0 Å². The van der Waals surface area contributed by atoms with E-state index in [2.05, 4.69) is 4.74 Å². The van der Waals surface area contributed by atoms with Gasteiger partial charge < -0.3 is 10.5 Å². The minimum Gasteiger partial charge on any atom is -0.404 e. The van der Waals surface area contributed by atoms with Crippen LogP contribution in [-0.4, -0.2) is 12.6 Å². The number of carbonyl (C=O) groups is 1. The van der Waals surface area contributed by atoms with Crippen LogP contribution < -0.4 is 10.5 Å². The van der Waals surface area contributed by atoms with Gasteiger partial charge in [-0.2, -0.15) is 0 Å². The summed E-state index contributed by atoms with van der Waals surface area (Å²) in [6.45, 7) is 0. The molecule has 3 nitrogen and oxygen atoms in total. The molecular formula is C8H6F3NO2. The summed E-state index contributed by atoms with van der Waals surface area (Å²) in [6, 6.07) is 3.40. The van der Waals surface area contributed by atoms with Crippen LogP contribution in [-0.2, 0) is 0 Å². The molecule has 1 aromatic carbocycles. The van der Waals surface area contributed by atoms with E-state index < -0.39 is 12.1 Å². The summed E-state index contributed by atoms with van der Waals surface area (Å²) in [4.78, 5) is 10.3. The molecule has 0 heterocycles. The third-order valence-electron chi connectivity index (χ3n) is 1.40. The quantitative estimate of drug-likeness (QED) is 0.593. The Morgan fingerprint density at radius 2 is 2.00 bits per heavy atom. The zero-order valence-electron chi connectivity index (χ0n) is 6.84. The number of nitrogens with two attached hydrogens (primary N) is 1. The highest BCUT2D eigenvalue weighted by Crippen LogP contribution is 2.28. The molecule has 0 amide bonds. The number of aldehydes is 1. The van der Waals surface area contributed by atoms with Crippen LogP contribution in [0.4, 0.5) is 18.9 Å². The fourth-order valence-electron chi connectivity index (χ4n) is 0.837. The number of benzene rings is 1. The molecule has 0 radical (unpaired) electrons. The van der Waals surface area contributed by atoms with Crippen molar-refractivity contribution in [2.24, 2.45) is 0 Å². The van der Waals surface area contributed by atoms with Gasteiger partial charge >= 0.3 is 6.36 Å². The normalized spacial score (nSPS) is 11.1. The number of hydrogen-bond acceptors (Lipinski definition) is 3. The Morgan fingerprint density at radius 1 is 1.36 bits per heavy atom. The first-order valence-electron chi connectivity index (χ1n) is 3.53. The minimum absolute atomic E-state index is 0.0680. The van der Waals surface area contributed by atoms with Gasteiger partial charge in [0, 0.05) is 5.56 Å². The number of alkyl halides is 3. The molecule has 0 aliphatic rings. The van der Waals surface area contributed by atoms with Crippen LogP contribution in [0.2, 0.25) is 0 Å². The lowest BCUT2D eigenvalue weighted by atomic mass is 10.2. The lowest BCUT2D eigenvalue weighted by Gasteiger charge is -2.10. The molecule has 0 aromatic heterocycles. The number of anilines is 1. The highest BCUT2D eigenvalue weighted by Gasteiger charge is 2.31. The van der Waals surface area contributed by atoms with E-state index in [0.717, 1.165) is 6.07 Å². The van der Waals surface area contributed by atoms with E-state index in [-0.39, 0.29) is 11.3 Å². The second-order valence-electron chi connectivity index (χ2n) is 2.46. The van der Waals surface area contributed by atoms with Crippen molar-refractivity contribution < 1.29 is 22.7 Å². The molecule has 0 aliphatic heterocycles. The monoisotopic (exact) mass is 205 g/mol. The van der Waals surface area contributed by atoms with Crippen molar-refractivity contribution >= 4 is 12.0 Å². The van der Waals surface area contributed by atoms with Gasteiger partial charge in [0.05, 0.1) is 5.69 Å². The second-order valence-corrected chi connectivity index (χ2v) is 2.46. The summed E-state index contributed by atoms with van der Waals surface area (Å²) < 4.78 is 39.0. The third kappa shape index (κ3) is 2.65. The Morgan fingerprint density at radius 3 is 2.50 bits per heavy atom. The largest absolute Gasteiger partial charge is 0.573 e. The summed E-state index contributed by atoms with van der Waals surface area (Å²) in [5.74, 6) is -0.567. The second kappa shape index (κ2) is 3.57. The Balaban J connectivity index is 3.01. The van der Waals surface area contributed by atoms with Gasteiger partial charge in [-0.25, -0.2) is 0 Å². The van der Waals surface area contributed by atoms with Crippen molar-refractivity contribution in [3.63, 3.8) is 0 Å². The molecule has 0 saturated heterocycles. The number of nitrogen functional groups attached to an aromatic ring is 1. The Bertz CT molecular complexity index is 349. The fraction of sp³-hybridized carbons (Fsp3) is 0.125. The van der Waals surface area contributed by atoms with Crippen LogP contribution in [0.5, 0.6) is 5.75 Å². The summed E-state index contributed by atoms with van der Waals surface area (Å²) in [5.41, 5.74) is 5.11. The minimum atomic E-state index is -4.81. The average Bonchev–Trinajstić information content (AvgIpc) is 2.06. The number of ether oxygens (including phenoxy) is 1. The highest BCUT2D eigenvalue weighted by atomic mass is 19.4. The smallest absolute Gasteiger partial charge is 0.404 e. The van der Waals surface area contributed by atoms with Crippen molar-refractivity contribution in [3.8, 4) is 5.75 Å². The van der Waals surface area contributed by atoms with Gasteiger partial charge in [-0.15, -0.1) is 13.2 Å². The Hall–Kier alpha value is -1.72. The summed E-state index contributed by atoms with van der Waals surface area (Å²) >= 11 is 0. The van der Waals surface area contributed by atoms with Crippen molar-refractivity contribution in [3.05, 3.63) is 23.8 Å². The van der Waals surface area contributed by atoms with E-state index in [1.165, 1.54) is 12.1 Å². The summed E-state index contributed by atoms with van der Waals surface area (Å²) in [6.07, 6.45) is -4.40. The van der Waals surface area contributed by atoms with E-state index in [1.807, 2.05) is 0 Å². The molecule has 0 bridgehead atoms. The topological polar surface area (TPSA) is 52.3 Å². The molecule has 2 N–H and O–H groups in total. The molecular weight excluding hydrogens is 199 g/mol. The maximum Gasteiger partial charge on any atom is 0.573 e. The average molecular weight is 205 g/mol. The van der Waals surface area contributed by atoms with E-state index in [0.29, 0.717) is 6.29 Å². The van der Waals surface area contributed by atoms with Gasteiger partial charge in [0.1, 0.15) is 6.29 Å². The molecule has 0 aliphatic carbocycles. The van der Waals surface area contributed by atoms with Crippen LogP contribution in [0.15, 0.2) is 18.2 Å². The van der Waals surface area contributed by atoms with E-state index in [4.69, 9.17) is 5.73 Å². The first-order chi connectivity index (χ1) is 6.42. The molecule has 0 atom stereocenters. The van der Waals surface area contributed by atoms with Gasteiger partial charge in [-0.05, 0) is 18.2 Å². The molecule has 14 heavy (non-hydrogen) atoms. The SMILES string of the molecule is Nc1ccc(C=O)cc1OC(F)(F)F. The molecule has 1 rings (SSSR count). The third-order valence-corrected chi connectivity index (χ3v) is 1.40. The van der Waals surface area contributed by atoms with E-state index in [1.54, 1.807) is 0 Å². The molecule has 0 fully saturated rings. The molecule has 6 heteroatoms. The van der Waals surface area contributed by atoms with Crippen LogP contribution in [0.25, 0.3) is 0 Å². The van der Waals surface area contributed by atoms with Crippen LogP contribution in [0, 0.1) is 0 Å². The summed E-state index contributed by atoms with van der Waals surface area (Å²) in [7, 11) is 0. The van der Waals surface area contributed by atoms with E-state index >= 15 is 0 Å². The Kier molecular flexibility index (Phi) is 2.64. The van der Waals surface area contributed by atoms with Crippen LogP contribution in [0.1, 0.15) is 10.4 Å². The lowest BCUT2D eigenvalue weighted by Crippen LogP contribution is -2.18. The fourth-order valence-corrected chi connectivity index (χ4v) is 0.837. The van der Waals surface area contributed by atoms with Gasteiger partial charge in [0.2, 0.25) is 0 Å². The van der Waals surface area contributed by atoms with Crippen molar-refractivity contribution in [1.29, 1.82) is 0 Å². The van der Waals surface area contributed by atoms with Crippen LogP contribution in [0.3, 0.4) is 0 Å². The molecule has 0 unspecified atom stereocenters. The Labute approximate surface area is 77.3 Å². The first-order valence-corrected chi connectivity index (χ1v) is 3.53. The van der Waals surface area contributed by atoms with E-state index in [9.17, 15) is 18.0 Å². The number of hydrogen-bond donors (Lipinski definition) is 1. The number of rotatable bonds is 2. The molecule has 0 saturated carbocycles.